The van der Waals surface area contributed by atoms with E-state index in [0.29, 0.717) is 10.7 Å². The number of benzene rings is 1. The first kappa shape index (κ1) is 15.3. The van der Waals surface area contributed by atoms with Gasteiger partial charge in [0.15, 0.2) is 0 Å². The summed E-state index contributed by atoms with van der Waals surface area (Å²) in [5.41, 5.74) is 1.04. The van der Waals surface area contributed by atoms with Crippen LogP contribution < -0.4 is 16.7 Å². The van der Waals surface area contributed by atoms with Gasteiger partial charge in [-0.05, 0) is 24.6 Å². The lowest BCUT2D eigenvalue weighted by Gasteiger charge is -2.07. The van der Waals surface area contributed by atoms with E-state index in [1.54, 1.807) is 12.1 Å². The predicted molar refractivity (Wildman–Crippen MR) is 82.0 cm³/mol. The van der Waals surface area contributed by atoms with E-state index in [4.69, 9.17) is 17.4 Å². The van der Waals surface area contributed by atoms with Crippen molar-refractivity contribution < 1.29 is 4.79 Å². The van der Waals surface area contributed by atoms with Gasteiger partial charge in [-0.3, -0.25) is 9.59 Å². The number of nitrogens with two attached hydrogens (primary N) is 1. The Hall–Kier alpha value is -2.06. The van der Waals surface area contributed by atoms with E-state index in [0.717, 1.165) is 28.2 Å². The standard InChI is InChI=1S/C12H12ClN5O2S/c1-7-2-3-8(4-9(7)13)16-10(19)6-21-12-17-15-5-11(20)18(12)14/h2-5H,6,14H2,1H3,(H,16,19). The van der Waals surface area contributed by atoms with Crippen molar-refractivity contribution in [3.8, 4) is 0 Å². The van der Waals surface area contributed by atoms with Crippen LogP contribution in [0.5, 0.6) is 0 Å². The van der Waals surface area contributed by atoms with Crippen molar-refractivity contribution in [2.45, 2.75) is 12.1 Å². The van der Waals surface area contributed by atoms with E-state index >= 15 is 0 Å². The molecule has 0 aliphatic rings. The van der Waals surface area contributed by atoms with Gasteiger partial charge in [-0.1, -0.05) is 29.4 Å². The number of anilines is 1. The van der Waals surface area contributed by atoms with Crippen LogP contribution in [0.2, 0.25) is 5.02 Å². The first-order valence-corrected chi connectivity index (χ1v) is 7.22. The first-order valence-electron chi connectivity index (χ1n) is 5.86. The van der Waals surface area contributed by atoms with Crippen molar-refractivity contribution in [2.24, 2.45) is 0 Å². The monoisotopic (exact) mass is 325 g/mol. The molecule has 0 saturated heterocycles. The number of nitrogens with zero attached hydrogens (tertiary/aromatic N) is 3. The molecule has 9 heteroatoms. The molecule has 0 bridgehead atoms. The van der Waals surface area contributed by atoms with Gasteiger partial charge >= 0.3 is 0 Å². The number of carbonyl (C=O) groups is 1. The smallest absolute Gasteiger partial charge is 0.291 e. The minimum atomic E-state index is -0.488. The molecule has 3 N–H and O–H groups in total. The number of carbonyl (C=O) groups excluding carboxylic acids is 1. The van der Waals surface area contributed by atoms with Crippen LogP contribution in [-0.2, 0) is 4.79 Å². The number of rotatable bonds is 4. The number of thioether (sulfide) groups is 1. The van der Waals surface area contributed by atoms with Crippen LogP contribution in [0.1, 0.15) is 5.56 Å². The van der Waals surface area contributed by atoms with Crippen molar-refractivity contribution in [1.82, 2.24) is 14.9 Å². The summed E-state index contributed by atoms with van der Waals surface area (Å²) in [7, 11) is 0. The normalized spacial score (nSPS) is 10.4. The third-order valence-corrected chi connectivity index (χ3v) is 3.89. The Bertz CT molecular complexity index is 734. The number of hydrogen-bond acceptors (Lipinski definition) is 6. The second-order valence-electron chi connectivity index (χ2n) is 4.14. The molecule has 0 unspecified atom stereocenters. The van der Waals surface area contributed by atoms with Crippen molar-refractivity contribution >= 4 is 35.0 Å². The molecule has 0 aliphatic carbocycles. The van der Waals surface area contributed by atoms with E-state index < -0.39 is 5.56 Å². The molecule has 0 spiro atoms. The van der Waals surface area contributed by atoms with Gasteiger partial charge in [0.25, 0.3) is 5.56 Å². The summed E-state index contributed by atoms with van der Waals surface area (Å²) in [5.74, 6) is 5.27. The fourth-order valence-corrected chi connectivity index (χ4v) is 2.28. The molecule has 0 radical (unpaired) electrons. The molecule has 1 aromatic carbocycles. The van der Waals surface area contributed by atoms with Gasteiger partial charge in [0.2, 0.25) is 11.1 Å². The summed E-state index contributed by atoms with van der Waals surface area (Å²) < 4.78 is 0.841. The maximum Gasteiger partial charge on any atom is 0.291 e. The van der Waals surface area contributed by atoms with Gasteiger partial charge in [0.1, 0.15) is 6.20 Å². The van der Waals surface area contributed by atoms with E-state index in [1.807, 2.05) is 13.0 Å². The summed E-state index contributed by atoms with van der Waals surface area (Å²) in [4.78, 5) is 23.1. The topological polar surface area (TPSA) is 103 Å². The van der Waals surface area contributed by atoms with E-state index in [9.17, 15) is 9.59 Å². The Kier molecular flexibility index (Phi) is 4.81. The molecule has 1 amide bonds. The largest absolute Gasteiger partial charge is 0.334 e. The van der Waals surface area contributed by atoms with Gasteiger partial charge < -0.3 is 11.2 Å². The van der Waals surface area contributed by atoms with Crippen molar-refractivity contribution in [2.75, 3.05) is 16.9 Å². The molecule has 0 aliphatic heterocycles. The molecule has 7 nitrogen and oxygen atoms in total. The molecule has 0 fully saturated rings. The number of halogens is 1. The average Bonchev–Trinajstić information content (AvgIpc) is 2.44. The van der Waals surface area contributed by atoms with Crippen LogP contribution in [-0.4, -0.2) is 26.5 Å². The SMILES string of the molecule is Cc1ccc(NC(=O)CSc2nncc(=O)n2N)cc1Cl. The fourth-order valence-electron chi connectivity index (χ4n) is 1.43. The zero-order valence-corrected chi connectivity index (χ0v) is 12.6. The summed E-state index contributed by atoms with van der Waals surface area (Å²) in [6.45, 7) is 1.87. The van der Waals surface area contributed by atoms with Crippen LogP contribution in [0, 0.1) is 6.92 Å². The number of nitrogen functional groups attached to an aromatic ring is 1. The second kappa shape index (κ2) is 6.59. The number of amides is 1. The van der Waals surface area contributed by atoms with E-state index in [2.05, 4.69) is 15.5 Å². The van der Waals surface area contributed by atoms with Crippen molar-refractivity contribution in [1.29, 1.82) is 0 Å². The Balaban J connectivity index is 1.97. The lowest BCUT2D eigenvalue weighted by Crippen LogP contribution is -2.30. The number of hydrogen-bond donors (Lipinski definition) is 2. The third-order valence-electron chi connectivity index (χ3n) is 2.54. The molecular weight excluding hydrogens is 314 g/mol. The number of aryl methyl sites for hydroxylation is 1. The van der Waals surface area contributed by atoms with Crippen LogP contribution in [0.3, 0.4) is 0 Å². The molecular formula is C12H12ClN5O2S. The van der Waals surface area contributed by atoms with Crippen molar-refractivity contribution in [3.63, 3.8) is 0 Å². The van der Waals surface area contributed by atoms with Crippen LogP contribution in [0.25, 0.3) is 0 Å². The maximum atomic E-state index is 11.8. The van der Waals surface area contributed by atoms with Gasteiger partial charge in [-0.25, -0.2) is 0 Å². The molecule has 2 aromatic rings. The van der Waals surface area contributed by atoms with E-state index in [-0.39, 0.29) is 16.8 Å². The van der Waals surface area contributed by atoms with Crippen LogP contribution in [0.4, 0.5) is 5.69 Å². The van der Waals surface area contributed by atoms with Gasteiger partial charge in [-0.2, -0.15) is 9.77 Å². The average molecular weight is 326 g/mol. The van der Waals surface area contributed by atoms with Crippen molar-refractivity contribution in [3.05, 3.63) is 45.3 Å². The Morgan fingerprint density at radius 2 is 2.29 bits per heavy atom. The minimum absolute atomic E-state index is 0.0425. The molecule has 1 aromatic heterocycles. The highest BCUT2D eigenvalue weighted by Crippen LogP contribution is 2.20. The predicted octanol–water partition coefficient (Wildman–Crippen LogP) is 1.04. The summed E-state index contributed by atoms with van der Waals surface area (Å²) in [6.07, 6.45) is 0.998. The van der Waals surface area contributed by atoms with Crippen LogP contribution in [0.15, 0.2) is 34.3 Å². The van der Waals surface area contributed by atoms with Gasteiger partial charge in [-0.15, -0.1) is 5.10 Å². The lowest BCUT2D eigenvalue weighted by atomic mass is 10.2. The number of aromatic nitrogens is 3. The third kappa shape index (κ3) is 3.96. The Labute approximate surface area is 129 Å². The van der Waals surface area contributed by atoms with E-state index in [1.165, 1.54) is 0 Å². The van der Waals surface area contributed by atoms with Crippen LogP contribution >= 0.6 is 23.4 Å². The Morgan fingerprint density at radius 1 is 1.52 bits per heavy atom. The molecule has 0 saturated carbocycles. The molecule has 110 valence electrons. The maximum absolute atomic E-state index is 11.8. The molecule has 2 rings (SSSR count). The highest BCUT2D eigenvalue weighted by molar-refractivity contribution is 7.99. The Morgan fingerprint density at radius 3 is 3.00 bits per heavy atom. The summed E-state index contributed by atoms with van der Waals surface area (Å²) in [5, 5.41) is 10.6. The molecule has 21 heavy (non-hydrogen) atoms. The second-order valence-corrected chi connectivity index (χ2v) is 5.49. The fraction of sp³-hybridized carbons (Fsp3) is 0.167. The molecule has 0 atom stereocenters. The van der Waals surface area contributed by atoms with Gasteiger partial charge in [0.05, 0.1) is 5.75 Å². The summed E-state index contributed by atoms with van der Waals surface area (Å²) >= 11 is 6.99. The number of nitrogens with one attached hydrogen (secondary N) is 1. The zero-order valence-electron chi connectivity index (χ0n) is 11.0. The summed E-state index contributed by atoms with van der Waals surface area (Å²) in [6, 6.07) is 5.23. The van der Waals surface area contributed by atoms with Gasteiger partial charge in [0, 0.05) is 10.7 Å². The first-order chi connectivity index (χ1) is 9.97. The highest BCUT2D eigenvalue weighted by Gasteiger charge is 2.09. The minimum Gasteiger partial charge on any atom is -0.334 e. The highest BCUT2D eigenvalue weighted by atomic mass is 35.5. The lowest BCUT2D eigenvalue weighted by molar-refractivity contribution is -0.113. The zero-order chi connectivity index (χ0) is 15.4. The quantitative estimate of drug-likeness (QED) is 0.643. The molecule has 1 heterocycles.